The second-order valence-corrected chi connectivity index (χ2v) is 7.54. The van der Waals surface area contributed by atoms with E-state index in [-0.39, 0.29) is 5.91 Å². The number of rotatable bonds is 7. The first-order valence-electron chi connectivity index (χ1n) is 10.1. The lowest BCUT2D eigenvalue weighted by atomic mass is 9.91. The minimum Gasteiger partial charge on any atom is -0.497 e. The van der Waals surface area contributed by atoms with Crippen LogP contribution in [0.2, 0.25) is 0 Å². The zero-order valence-corrected chi connectivity index (χ0v) is 17.6. The molecular weight excluding hydrogens is 378 g/mol. The van der Waals surface area contributed by atoms with Gasteiger partial charge in [-0.05, 0) is 60.7 Å². The molecule has 30 heavy (non-hydrogen) atoms. The van der Waals surface area contributed by atoms with E-state index in [2.05, 4.69) is 10.7 Å². The zero-order valence-electron chi connectivity index (χ0n) is 17.6. The number of methoxy groups -OCH3 is 2. The van der Waals surface area contributed by atoms with Crippen molar-refractivity contribution in [2.24, 2.45) is 5.92 Å². The second kappa shape index (κ2) is 8.53. The van der Waals surface area contributed by atoms with Crippen LogP contribution in [0.1, 0.15) is 24.0 Å². The molecule has 2 aromatic carbocycles. The van der Waals surface area contributed by atoms with Crippen molar-refractivity contribution in [1.29, 1.82) is 0 Å². The van der Waals surface area contributed by atoms with Gasteiger partial charge >= 0.3 is 0 Å². The topological polar surface area (TPSA) is 62.8 Å². The molecule has 0 unspecified atom stereocenters. The van der Waals surface area contributed by atoms with Gasteiger partial charge in [0.15, 0.2) is 0 Å². The van der Waals surface area contributed by atoms with E-state index in [0.717, 1.165) is 40.4 Å². The number of nitrogens with zero attached hydrogens (tertiary/aromatic N) is 1. The van der Waals surface area contributed by atoms with Crippen molar-refractivity contribution in [3.8, 4) is 11.5 Å². The number of likely N-dealkylation sites (N-methyl/N-ethyl adjacent to an activating group) is 1. The molecule has 0 spiro atoms. The molecule has 6 heteroatoms. The highest BCUT2D eigenvalue weighted by Gasteiger charge is 2.30. The van der Waals surface area contributed by atoms with Gasteiger partial charge in [-0.25, -0.2) is 0 Å². The SMILES string of the molecule is CNC(=O)C1=CN(CC2CC2)NC(c2ccc(OC)cc2)=C1c1ccc(OC)cc1. The van der Waals surface area contributed by atoms with Gasteiger partial charge in [0.2, 0.25) is 0 Å². The highest BCUT2D eigenvalue weighted by atomic mass is 16.5. The fourth-order valence-electron chi connectivity index (χ4n) is 3.59. The van der Waals surface area contributed by atoms with E-state index in [1.165, 1.54) is 12.8 Å². The summed E-state index contributed by atoms with van der Waals surface area (Å²) < 4.78 is 10.6. The predicted molar refractivity (Wildman–Crippen MR) is 118 cm³/mol. The second-order valence-electron chi connectivity index (χ2n) is 7.54. The summed E-state index contributed by atoms with van der Waals surface area (Å²) in [5.41, 5.74) is 7.85. The van der Waals surface area contributed by atoms with Crippen molar-refractivity contribution in [2.45, 2.75) is 12.8 Å². The summed E-state index contributed by atoms with van der Waals surface area (Å²) in [5, 5.41) is 4.83. The van der Waals surface area contributed by atoms with Crippen molar-refractivity contribution in [3.05, 3.63) is 71.4 Å². The van der Waals surface area contributed by atoms with Crippen LogP contribution in [0.5, 0.6) is 11.5 Å². The molecule has 0 atom stereocenters. The molecule has 1 heterocycles. The molecule has 0 aromatic heterocycles. The number of ether oxygens (including phenoxy) is 2. The van der Waals surface area contributed by atoms with E-state index in [4.69, 9.17) is 9.47 Å². The summed E-state index contributed by atoms with van der Waals surface area (Å²) in [6.07, 6.45) is 4.38. The lowest BCUT2D eigenvalue weighted by molar-refractivity contribution is -0.116. The maximum absolute atomic E-state index is 12.9. The third-order valence-corrected chi connectivity index (χ3v) is 5.44. The lowest BCUT2D eigenvalue weighted by Crippen LogP contribution is -2.39. The molecule has 1 amide bonds. The van der Waals surface area contributed by atoms with E-state index in [1.54, 1.807) is 21.3 Å². The zero-order chi connectivity index (χ0) is 21.1. The van der Waals surface area contributed by atoms with E-state index in [9.17, 15) is 4.79 Å². The molecule has 6 nitrogen and oxygen atoms in total. The molecule has 1 aliphatic heterocycles. The highest BCUT2D eigenvalue weighted by Crippen LogP contribution is 2.37. The van der Waals surface area contributed by atoms with E-state index in [1.807, 2.05) is 59.7 Å². The van der Waals surface area contributed by atoms with Crippen LogP contribution in [0.3, 0.4) is 0 Å². The summed E-state index contributed by atoms with van der Waals surface area (Å²) >= 11 is 0. The van der Waals surface area contributed by atoms with Crippen LogP contribution in [0.15, 0.2) is 60.3 Å². The standard InChI is InChI=1S/C24H27N3O3/c1-25-24(28)21-15-27(14-16-4-5-16)26-23(18-8-12-20(30-3)13-9-18)22(21)17-6-10-19(29-2)11-7-17/h6-13,15-16,26H,4-5,14H2,1-3H3,(H,25,28). The Bertz CT molecular complexity index is 974. The Morgan fingerprint density at radius 3 is 2.07 bits per heavy atom. The van der Waals surface area contributed by atoms with Gasteiger partial charge in [0.25, 0.3) is 5.91 Å². The molecule has 2 aromatic rings. The number of hydrazine groups is 1. The highest BCUT2D eigenvalue weighted by molar-refractivity contribution is 6.15. The largest absolute Gasteiger partial charge is 0.497 e. The smallest absolute Gasteiger partial charge is 0.253 e. The number of nitrogens with one attached hydrogen (secondary N) is 2. The Morgan fingerprint density at radius 1 is 1.00 bits per heavy atom. The molecule has 156 valence electrons. The van der Waals surface area contributed by atoms with Crippen LogP contribution in [0, 0.1) is 5.92 Å². The van der Waals surface area contributed by atoms with Gasteiger partial charge in [-0.3, -0.25) is 15.2 Å². The summed E-state index contributed by atoms with van der Waals surface area (Å²) in [5.74, 6) is 2.11. The summed E-state index contributed by atoms with van der Waals surface area (Å²) in [6.45, 7) is 0.871. The molecule has 0 radical (unpaired) electrons. The van der Waals surface area contributed by atoms with Gasteiger partial charge in [0.05, 0.1) is 25.5 Å². The molecule has 1 aliphatic carbocycles. The van der Waals surface area contributed by atoms with Crippen LogP contribution >= 0.6 is 0 Å². The normalized spacial score (nSPS) is 16.0. The van der Waals surface area contributed by atoms with E-state index in [0.29, 0.717) is 11.5 Å². The fraction of sp³-hybridized carbons (Fsp3) is 0.292. The molecule has 2 N–H and O–H groups in total. The average Bonchev–Trinajstić information content (AvgIpc) is 3.62. The van der Waals surface area contributed by atoms with Crippen molar-refractivity contribution in [2.75, 3.05) is 27.8 Å². The number of amides is 1. The first-order valence-corrected chi connectivity index (χ1v) is 10.1. The lowest BCUT2D eigenvalue weighted by Gasteiger charge is -2.32. The van der Waals surface area contributed by atoms with Gasteiger partial charge < -0.3 is 14.8 Å². The third kappa shape index (κ3) is 4.13. The fourth-order valence-corrected chi connectivity index (χ4v) is 3.59. The molecule has 2 aliphatic rings. The third-order valence-electron chi connectivity index (χ3n) is 5.44. The monoisotopic (exact) mass is 405 g/mol. The van der Waals surface area contributed by atoms with Gasteiger partial charge in [0.1, 0.15) is 11.5 Å². The van der Waals surface area contributed by atoms with Crippen LogP contribution in [0.25, 0.3) is 11.3 Å². The average molecular weight is 405 g/mol. The summed E-state index contributed by atoms with van der Waals surface area (Å²) in [7, 11) is 4.96. The van der Waals surface area contributed by atoms with Crippen molar-refractivity contribution in [3.63, 3.8) is 0 Å². The summed E-state index contributed by atoms with van der Waals surface area (Å²) in [4.78, 5) is 12.9. The van der Waals surface area contributed by atoms with Crippen LogP contribution < -0.4 is 20.2 Å². The molecule has 0 bridgehead atoms. The first-order chi connectivity index (χ1) is 14.6. The summed E-state index contributed by atoms with van der Waals surface area (Å²) in [6, 6.07) is 15.6. The van der Waals surface area contributed by atoms with Gasteiger partial charge in [-0.2, -0.15) is 0 Å². The van der Waals surface area contributed by atoms with E-state index >= 15 is 0 Å². The molecule has 4 rings (SSSR count). The van der Waals surface area contributed by atoms with E-state index < -0.39 is 0 Å². The molecule has 1 fully saturated rings. The maximum atomic E-state index is 12.9. The Kier molecular flexibility index (Phi) is 5.65. The number of carbonyl (C=O) groups excluding carboxylic acids is 1. The minimum atomic E-state index is -0.117. The van der Waals surface area contributed by atoms with Crippen molar-refractivity contribution < 1.29 is 14.3 Å². The van der Waals surface area contributed by atoms with Gasteiger partial charge in [-0.1, -0.05) is 12.1 Å². The first kappa shape index (κ1) is 19.9. The Labute approximate surface area is 177 Å². The molecular formula is C24H27N3O3. The van der Waals surface area contributed by atoms with Gasteiger partial charge in [0, 0.05) is 30.9 Å². The van der Waals surface area contributed by atoms with Crippen LogP contribution in [-0.2, 0) is 4.79 Å². The van der Waals surface area contributed by atoms with Crippen LogP contribution in [0.4, 0.5) is 0 Å². The molecule has 1 saturated carbocycles. The van der Waals surface area contributed by atoms with Crippen molar-refractivity contribution in [1.82, 2.24) is 15.8 Å². The number of hydrogen-bond donors (Lipinski definition) is 2. The molecule has 0 saturated heterocycles. The number of carbonyl (C=O) groups is 1. The Morgan fingerprint density at radius 2 is 1.57 bits per heavy atom. The van der Waals surface area contributed by atoms with Gasteiger partial charge in [-0.15, -0.1) is 0 Å². The number of benzene rings is 2. The maximum Gasteiger partial charge on any atom is 0.253 e. The van der Waals surface area contributed by atoms with Crippen LogP contribution in [-0.4, -0.2) is 38.7 Å². The Balaban J connectivity index is 1.84. The quantitative estimate of drug-likeness (QED) is 0.739. The van der Waals surface area contributed by atoms with Crippen molar-refractivity contribution >= 4 is 17.2 Å². The predicted octanol–water partition coefficient (Wildman–Crippen LogP) is 3.43. The number of hydrogen-bond acceptors (Lipinski definition) is 5. The Hall–Kier alpha value is -3.41. The minimum absolute atomic E-state index is 0.117.